The molecule has 9 heteroatoms. The summed E-state index contributed by atoms with van der Waals surface area (Å²) in [5.41, 5.74) is 7.19. The Hall–Kier alpha value is -2.62. The highest BCUT2D eigenvalue weighted by molar-refractivity contribution is 7.11. The van der Waals surface area contributed by atoms with E-state index in [1.54, 1.807) is 18.3 Å². The maximum absolute atomic E-state index is 12.9. The zero-order chi connectivity index (χ0) is 17.8. The van der Waals surface area contributed by atoms with E-state index in [2.05, 4.69) is 20.3 Å². The van der Waals surface area contributed by atoms with E-state index >= 15 is 0 Å². The Balaban J connectivity index is 1.73. The fourth-order valence-corrected chi connectivity index (χ4v) is 3.07. The number of aliphatic hydroxyl groups is 1. The lowest BCUT2D eigenvalue weighted by Crippen LogP contribution is -2.33. The van der Waals surface area contributed by atoms with E-state index in [0.717, 1.165) is 6.20 Å². The molecule has 7 nitrogen and oxygen atoms in total. The van der Waals surface area contributed by atoms with Crippen LogP contribution in [0.2, 0.25) is 0 Å². The van der Waals surface area contributed by atoms with Gasteiger partial charge in [-0.05, 0) is 24.3 Å². The summed E-state index contributed by atoms with van der Waals surface area (Å²) in [5, 5.41) is 12.5. The van der Waals surface area contributed by atoms with Crippen LogP contribution in [0.5, 0.6) is 0 Å². The minimum absolute atomic E-state index is 0.104. The number of nitrogens with zero attached hydrogens (tertiary/aromatic N) is 2. The van der Waals surface area contributed by atoms with Gasteiger partial charge in [0.05, 0.1) is 35.1 Å². The molecule has 3 aromatic heterocycles. The number of rotatable bonds is 6. The average Bonchev–Trinajstić information content (AvgIpc) is 3.29. The van der Waals surface area contributed by atoms with Gasteiger partial charge in [0.2, 0.25) is 0 Å². The van der Waals surface area contributed by atoms with Crippen molar-refractivity contribution in [3.63, 3.8) is 0 Å². The highest BCUT2D eigenvalue weighted by atomic mass is 32.1. The van der Waals surface area contributed by atoms with Gasteiger partial charge in [-0.3, -0.25) is 9.78 Å². The maximum Gasteiger partial charge on any atom is 0.268 e. The summed E-state index contributed by atoms with van der Waals surface area (Å²) in [5.74, 6) is -0.769. The number of pyridine rings is 1. The number of halogens is 1. The third kappa shape index (κ3) is 3.90. The number of nitrogens with one attached hydrogen (secondary N) is 2. The van der Waals surface area contributed by atoms with Crippen LogP contribution in [0.4, 0.5) is 4.39 Å². The van der Waals surface area contributed by atoms with E-state index in [-0.39, 0.29) is 19.1 Å². The number of thiazole rings is 1. The zero-order valence-corrected chi connectivity index (χ0v) is 13.9. The molecule has 3 aromatic rings. The summed E-state index contributed by atoms with van der Waals surface area (Å²) in [7, 11) is 0. The molecule has 3 heterocycles. The molecule has 0 aliphatic heterocycles. The maximum atomic E-state index is 12.9. The molecular formula is C16H16FN5O2S. The Morgan fingerprint density at radius 2 is 2.16 bits per heavy atom. The van der Waals surface area contributed by atoms with Crippen LogP contribution in [0.15, 0.2) is 36.7 Å². The molecule has 1 amide bonds. The normalized spacial score (nSPS) is 12.1. The van der Waals surface area contributed by atoms with Crippen LogP contribution in [0.3, 0.4) is 0 Å². The van der Waals surface area contributed by atoms with Gasteiger partial charge in [-0.1, -0.05) is 0 Å². The number of hydrogen-bond acceptors (Lipinski definition) is 6. The number of aliphatic hydroxyl groups excluding tert-OH is 1. The molecule has 0 spiro atoms. The van der Waals surface area contributed by atoms with Gasteiger partial charge in [0.1, 0.15) is 16.5 Å². The Bertz CT molecular complexity index is 862. The molecule has 0 aliphatic rings. The van der Waals surface area contributed by atoms with Crippen molar-refractivity contribution in [1.82, 2.24) is 20.3 Å². The molecule has 0 bridgehead atoms. The van der Waals surface area contributed by atoms with Crippen molar-refractivity contribution >= 4 is 17.2 Å². The summed E-state index contributed by atoms with van der Waals surface area (Å²) in [6, 6.07) is 5.68. The van der Waals surface area contributed by atoms with Gasteiger partial charge < -0.3 is 21.1 Å². The van der Waals surface area contributed by atoms with E-state index in [9.17, 15) is 9.18 Å². The van der Waals surface area contributed by atoms with Crippen LogP contribution in [-0.2, 0) is 6.61 Å². The SMILES string of the molecule is NCC(NC(=O)c1ccc(-c2ccc(F)cn2)[nH]1)c1ncc(CO)s1. The van der Waals surface area contributed by atoms with Gasteiger partial charge >= 0.3 is 0 Å². The number of hydrogen-bond donors (Lipinski definition) is 4. The molecule has 1 atom stereocenters. The number of aromatic nitrogens is 3. The first kappa shape index (κ1) is 17.2. The number of nitrogens with two attached hydrogens (primary N) is 1. The van der Waals surface area contributed by atoms with E-state index in [1.807, 2.05) is 0 Å². The van der Waals surface area contributed by atoms with Crippen LogP contribution in [0, 0.1) is 5.82 Å². The van der Waals surface area contributed by atoms with Crippen molar-refractivity contribution in [2.75, 3.05) is 6.54 Å². The van der Waals surface area contributed by atoms with Crippen molar-refractivity contribution in [2.24, 2.45) is 5.73 Å². The van der Waals surface area contributed by atoms with Crippen molar-refractivity contribution < 1.29 is 14.3 Å². The third-order valence-electron chi connectivity index (χ3n) is 3.50. The lowest BCUT2D eigenvalue weighted by atomic mass is 10.3. The first-order valence-electron chi connectivity index (χ1n) is 7.48. The van der Waals surface area contributed by atoms with E-state index in [1.165, 1.54) is 23.5 Å². The summed E-state index contributed by atoms with van der Waals surface area (Å²) in [6.07, 6.45) is 2.67. The Kier molecular flexibility index (Phi) is 5.17. The van der Waals surface area contributed by atoms with Crippen molar-refractivity contribution in [1.29, 1.82) is 0 Å². The first-order chi connectivity index (χ1) is 12.1. The van der Waals surface area contributed by atoms with Gasteiger partial charge in [-0.15, -0.1) is 11.3 Å². The topological polar surface area (TPSA) is 117 Å². The monoisotopic (exact) mass is 361 g/mol. The van der Waals surface area contributed by atoms with Crippen LogP contribution in [0.1, 0.15) is 26.4 Å². The molecule has 0 aromatic carbocycles. The third-order valence-corrected chi connectivity index (χ3v) is 4.60. The first-order valence-corrected chi connectivity index (χ1v) is 8.29. The number of carbonyl (C=O) groups is 1. The predicted octanol–water partition coefficient (Wildman–Crippen LogP) is 1.59. The Morgan fingerprint density at radius 1 is 1.32 bits per heavy atom. The van der Waals surface area contributed by atoms with Gasteiger partial charge in [-0.2, -0.15) is 0 Å². The molecule has 5 N–H and O–H groups in total. The molecule has 0 radical (unpaired) electrons. The standard InChI is InChI=1S/C16H16FN5O2S/c17-9-1-2-11(19-6-9)12-3-4-13(21-12)15(24)22-14(5-18)16-20-7-10(8-23)25-16/h1-4,6-7,14,21,23H,5,8,18H2,(H,22,24). The largest absolute Gasteiger partial charge is 0.391 e. The molecule has 25 heavy (non-hydrogen) atoms. The van der Waals surface area contributed by atoms with Crippen molar-refractivity contribution in [3.05, 3.63) is 58.1 Å². The van der Waals surface area contributed by atoms with Crippen LogP contribution < -0.4 is 11.1 Å². The smallest absolute Gasteiger partial charge is 0.268 e. The van der Waals surface area contributed by atoms with Crippen molar-refractivity contribution in [2.45, 2.75) is 12.6 Å². The molecule has 1 unspecified atom stereocenters. The van der Waals surface area contributed by atoms with Crippen LogP contribution >= 0.6 is 11.3 Å². The van der Waals surface area contributed by atoms with Gasteiger partial charge in [0.25, 0.3) is 5.91 Å². The Labute approximate surface area is 146 Å². The van der Waals surface area contributed by atoms with Gasteiger partial charge in [0.15, 0.2) is 0 Å². The molecule has 130 valence electrons. The summed E-state index contributed by atoms with van der Waals surface area (Å²) < 4.78 is 12.9. The lowest BCUT2D eigenvalue weighted by Gasteiger charge is -2.13. The summed E-state index contributed by atoms with van der Waals surface area (Å²) in [4.78, 5) is 24.2. The van der Waals surface area contributed by atoms with E-state index in [4.69, 9.17) is 10.8 Å². The minimum Gasteiger partial charge on any atom is -0.391 e. The highest BCUT2D eigenvalue weighted by Crippen LogP contribution is 2.21. The second-order valence-electron chi connectivity index (χ2n) is 5.23. The van der Waals surface area contributed by atoms with Gasteiger partial charge in [-0.25, -0.2) is 9.37 Å². The Morgan fingerprint density at radius 3 is 2.80 bits per heavy atom. The number of amides is 1. The zero-order valence-electron chi connectivity index (χ0n) is 13.1. The van der Waals surface area contributed by atoms with Crippen molar-refractivity contribution in [3.8, 4) is 11.4 Å². The number of aromatic amines is 1. The second kappa shape index (κ2) is 7.51. The molecular weight excluding hydrogens is 345 g/mol. The summed E-state index contributed by atoms with van der Waals surface area (Å²) in [6.45, 7) is 0.0742. The van der Waals surface area contributed by atoms with E-state index < -0.39 is 11.9 Å². The molecule has 0 aliphatic carbocycles. The summed E-state index contributed by atoms with van der Waals surface area (Å²) >= 11 is 1.29. The second-order valence-corrected chi connectivity index (χ2v) is 6.38. The molecule has 3 rings (SSSR count). The fraction of sp³-hybridized carbons (Fsp3) is 0.188. The lowest BCUT2D eigenvalue weighted by molar-refractivity contribution is 0.0933. The van der Waals surface area contributed by atoms with E-state index in [0.29, 0.717) is 27.0 Å². The molecule has 0 saturated heterocycles. The van der Waals surface area contributed by atoms with Crippen LogP contribution in [0.25, 0.3) is 11.4 Å². The highest BCUT2D eigenvalue weighted by Gasteiger charge is 2.19. The molecule has 0 fully saturated rings. The number of carbonyl (C=O) groups excluding carboxylic acids is 1. The fourth-order valence-electron chi connectivity index (χ4n) is 2.23. The van der Waals surface area contributed by atoms with Crippen LogP contribution in [-0.4, -0.2) is 32.5 Å². The predicted molar refractivity (Wildman–Crippen MR) is 91.3 cm³/mol. The number of H-pyrrole nitrogens is 1. The van der Waals surface area contributed by atoms with Gasteiger partial charge in [0, 0.05) is 12.7 Å². The quantitative estimate of drug-likeness (QED) is 0.532. The minimum atomic E-state index is -0.450. The average molecular weight is 361 g/mol. The molecule has 0 saturated carbocycles.